The quantitative estimate of drug-likeness (QED) is 0.537. The van der Waals surface area contributed by atoms with Crippen LogP contribution in [-0.4, -0.2) is 34.3 Å². The molecule has 1 aromatic carbocycles. The number of rotatable bonds is 6. The number of aliphatic imine (C=N–C) groups is 1. The summed E-state index contributed by atoms with van der Waals surface area (Å²) in [5.74, 6) is -1.48. The minimum absolute atomic E-state index is 0.189. The van der Waals surface area contributed by atoms with Gasteiger partial charge < -0.3 is 16.2 Å². The van der Waals surface area contributed by atoms with E-state index >= 15 is 0 Å². The highest BCUT2D eigenvalue weighted by Crippen LogP contribution is 2.12. The number of nitrogens with zero attached hydrogens (tertiary/aromatic N) is 2. The number of hydrogen-bond donors (Lipinski definition) is 3. The number of carbonyl (C=O) groups excluding carboxylic acids is 1. The van der Waals surface area contributed by atoms with Gasteiger partial charge in [-0.1, -0.05) is 30.3 Å². The van der Waals surface area contributed by atoms with Crippen molar-refractivity contribution < 1.29 is 14.7 Å². The molecule has 118 valence electrons. The summed E-state index contributed by atoms with van der Waals surface area (Å²) in [5.41, 5.74) is 6.90. The van der Waals surface area contributed by atoms with Crippen molar-refractivity contribution in [3.8, 4) is 0 Å². The minimum atomic E-state index is -1.14. The third kappa shape index (κ3) is 4.63. The Labute approximate surface area is 132 Å². The van der Waals surface area contributed by atoms with Crippen LogP contribution in [0.25, 0.3) is 0 Å². The third-order valence-corrected chi connectivity index (χ3v) is 3.05. The van der Waals surface area contributed by atoms with Gasteiger partial charge in [-0.3, -0.25) is 14.8 Å². The molecule has 0 aliphatic heterocycles. The summed E-state index contributed by atoms with van der Waals surface area (Å²) in [5, 5.41) is 11.7. The van der Waals surface area contributed by atoms with Gasteiger partial charge in [0.25, 0.3) is 0 Å². The average molecular weight is 312 g/mol. The van der Waals surface area contributed by atoms with Crippen molar-refractivity contribution in [3.05, 3.63) is 66.0 Å². The van der Waals surface area contributed by atoms with Crippen molar-refractivity contribution in [2.24, 2.45) is 10.7 Å². The van der Waals surface area contributed by atoms with Crippen LogP contribution in [0, 0.1) is 0 Å². The van der Waals surface area contributed by atoms with E-state index < -0.39 is 17.9 Å². The Balaban J connectivity index is 2.02. The molecule has 23 heavy (non-hydrogen) atoms. The monoisotopic (exact) mass is 312 g/mol. The van der Waals surface area contributed by atoms with Gasteiger partial charge in [0, 0.05) is 18.0 Å². The highest BCUT2D eigenvalue weighted by atomic mass is 16.4. The molecular formula is C16H16N4O3. The average Bonchev–Trinajstić information content (AvgIpc) is 2.58. The van der Waals surface area contributed by atoms with E-state index in [1.807, 2.05) is 0 Å². The van der Waals surface area contributed by atoms with Gasteiger partial charge in [0.1, 0.15) is 12.4 Å². The fraction of sp³-hybridized carbons (Fsp3) is 0.125. The topological polar surface area (TPSA) is 118 Å². The highest BCUT2D eigenvalue weighted by molar-refractivity contribution is 5.98. The molecule has 4 N–H and O–H groups in total. The first-order chi connectivity index (χ1) is 11.1. The Bertz CT molecular complexity index is 702. The number of carboxylic acids is 1. The smallest absolute Gasteiger partial charge is 0.330 e. The van der Waals surface area contributed by atoms with Gasteiger partial charge in [-0.05, 0) is 17.7 Å². The van der Waals surface area contributed by atoms with Gasteiger partial charge in [-0.2, -0.15) is 0 Å². The zero-order chi connectivity index (χ0) is 16.7. The first-order valence-corrected chi connectivity index (χ1v) is 6.85. The molecule has 1 atom stereocenters. The predicted molar refractivity (Wildman–Crippen MR) is 84.8 cm³/mol. The van der Waals surface area contributed by atoms with Gasteiger partial charge in [0.05, 0.1) is 0 Å². The molecule has 2 rings (SSSR count). The summed E-state index contributed by atoms with van der Waals surface area (Å²) in [6.07, 6.45) is 3.13. The third-order valence-electron chi connectivity index (χ3n) is 3.05. The van der Waals surface area contributed by atoms with Crippen LogP contribution >= 0.6 is 0 Å². The maximum absolute atomic E-state index is 11.9. The lowest BCUT2D eigenvalue weighted by atomic mass is 10.1. The number of amidine groups is 1. The van der Waals surface area contributed by atoms with Crippen LogP contribution in [0.1, 0.15) is 17.2 Å². The number of aliphatic carboxylic acids is 1. The second-order valence-electron chi connectivity index (χ2n) is 4.69. The number of amides is 1. The van der Waals surface area contributed by atoms with E-state index in [-0.39, 0.29) is 12.4 Å². The lowest BCUT2D eigenvalue weighted by Gasteiger charge is -2.14. The van der Waals surface area contributed by atoms with Crippen LogP contribution in [-0.2, 0) is 9.59 Å². The van der Waals surface area contributed by atoms with Crippen molar-refractivity contribution in [2.75, 3.05) is 6.54 Å². The molecule has 0 radical (unpaired) electrons. The normalized spacial score (nSPS) is 12.4. The maximum Gasteiger partial charge on any atom is 0.330 e. The molecule has 0 unspecified atom stereocenters. The number of aromatic nitrogens is 1. The minimum Gasteiger partial charge on any atom is -0.479 e. The van der Waals surface area contributed by atoms with E-state index in [1.165, 1.54) is 0 Å². The number of pyridine rings is 1. The summed E-state index contributed by atoms with van der Waals surface area (Å²) in [6, 6.07) is 10.7. The number of nitrogens with two attached hydrogens (primary N) is 1. The molecule has 7 heteroatoms. The summed E-state index contributed by atoms with van der Waals surface area (Å²) in [6.45, 7) is -0.259. The van der Waals surface area contributed by atoms with Gasteiger partial charge in [-0.25, -0.2) is 4.79 Å². The predicted octanol–water partition coefficient (Wildman–Crippen LogP) is 0.729. The lowest BCUT2D eigenvalue weighted by Crippen LogP contribution is -2.35. The number of carbonyl (C=O) groups is 2. The molecule has 0 bridgehead atoms. The number of nitrogens with one attached hydrogen (secondary N) is 1. The zero-order valence-corrected chi connectivity index (χ0v) is 12.2. The summed E-state index contributed by atoms with van der Waals surface area (Å²) >= 11 is 0. The molecule has 2 aromatic rings. The molecule has 0 saturated heterocycles. The molecule has 0 aliphatic rings. The van der Waals surface area contributed by atoms with Crippen molar-refractivity contribution >= 4 is 17.7 Å². The second kappa shape index (κ2) is 7.69. The number of carboxylic acid groups (broad SMARTS) is 1. The van der Waals surface area contributed by atoms with Crippen LogP contribution in [0.2, 0.25) is 0 Å². The van der Waals surface area contributed by atoms with E-state index in [2.05, 4.69) is 15.3 Å². The van der Waals surface area contributed by atoms with Gasteiger partial charge in [0.15, 0.2) is 6.04 Å². The molecule has 1 heterocycles. The van der Waals surface area contributed by atoms with Gasteiger partial charge >= 0.3 is 5.97 Å². The molecular weight excluding hydrogens is 296 g/mol. The molecule has 0 spiro atoms. The van der Waals surface area contributed by atoms with Crippen LogP contribution in [0.15, 0.2) is 59.9 Å². The SMILES string of the molecule is NC(=NCC(=O)N[C@@H](C(=O)O)c1ccccc1)c1ccncc1. The van der Waals surface area contributed by atoms with E-state index in [9.17, 15) is 14.7 Å². The Kier molecular flexibility index (Phi) is 5.40. The molecule has 0 aliphatic carbocycles. The van der Waals surface area contributed by atoms with E-state index in [1.54, 1.807) is 54.9 Å². The van der Waals surface area contributed by atoms with Crippen LogP contribution < -0.4 is 11.1 Å². The zero-order valence-electron chi connectivity index (χ0n) is 12.2. The number of hydrogen-bond acceptors (Lipinski definition) is 4. The van der Waals surface area contributed by atoms with Crippen molar-refractivity contribution in [1.82, 2.24) is 10.3 Å². The van der Waals surface area contributed by atoms with E-state index in [0.29, 0.717) is 11.1 Å². The largest absolute Gasteiger partial charge is 0.479 e. The van der Waals surface area contributed by atoms with Crippen LogP contribution in [0.5, 0.6) is 0 Å². The Morgan fingerprint density at radius 3 is 2.43 bits per heavy atom. The Morgan fingerprint density at radius 1 is 1.17 bits per heavy atom. The Hall–Kier alpha value is -3.22. The number of benzene rings is 1. The summed E-state index contributed by atoms with van der Waals surface area (Å²) in [7, 11) is 0. The van der Waals surface area contributed by atoms with Gasteiger partial charge in [0.2, 0.25) is 5.91 Å². The van der Waals surface area contributed by atoms with E-state index in [0.717, 1.165) is 0 Å². The lowest BCUT2D eigenvalue weighted by molar-refractivity contribution is -0.141. The van der Waals surface area contributed by atoms with Crippen LogP contribution in [0.4, 0.5) is 0 Å². The standard InChI is InChI=1S/C16H16N4O3/c17-15(12-6-8-18-9-7-12)19-10-13(21)20-14(16(22)23)11-4-2-1-3-5-11/h1-9,14H,10H2,(H2,17,19)(H,20,21)(H,22,23)/t14-/m1/s1. The van der Waals surface area contributed by atoms with Crippen molar-refractivity contribution in [2.45, 2.75) is 6.04 Å². The maximum atomic E-state index is 11.9. The molecule has 7 nitrogen and oxygen atoms in total. The molecule has 0 fully saturated rings. The molecule has 0 saturated carbocycles. The van der Waals surface area contributed by atoms with Crippen molar-refractivity contribution in [3.63, 3.8) is 0 Å². The second-order valence-corrected chi connectivity index (χ2v) is 4.69. The van der Waals surface area contributed by atoms with E-state index in [4.69, 9.17) is 5.73 Å². The summed E-state index contributed by atoms with van der Waals surface area (Å²) in [4.78, 5) is 31.1. The summed E-state index contributed by atoms with van der Waals surface area (Å²) < 4.78 is 0. The van der Waals surface area contributed by atoms with Crippen LogP contribution in [0.3, 0.4) is 0 Å². The first-order valence-electron chi connectivity index (χ1n) is 6.85. The highest BCUT2D eigenvalue weighted by Gasteiger charge is 2.21. The fourth-order valence-corrected chi connectivity index (χ4v) is 1.91. The van der Waals surface area contributed by atoms with Crippen molar-refractivity contribution in [1.29, 1.82) is 0 Å². The molecule has 1 aromatic heterocycles. The van der Waals surface area contributed by atoms with Gasteiger partial charge in [-0.15, -0.1) is 0 Å². The molecule has 1 amide bonds. The first kappa shape index (κ1) is 16.2. The Morgan fingerprint density at radius 2 is 1.83 bits per heavy atom. The fourth-order valence-electron chi connectivity index (χ4n) is 1.91.